The van der Waals surface area contributed by atoms with E-state index in [0.29, 0.717) is 19.1 Å². The molecule has 1 aromatic carbocycles. The molecular weight excluding hydrogens is 266 g/mol. The van der Waals surface area contributed by atoms with E-state index in [1.807, 2.05) is 44.2 Å². The average molecular weight is 299 g/mol. The molecule has 0 fully saturated rings. The molecule has 0 heterocycles. The number of nitrogens with zero attached hydrogens (tertiary/aromatic N) is 1. The molecule has 0 aromatic heterocycles. The van der Waals surface area contributed by atoms with Crippen LogP contribution in [0.25, 0.3) is 0 Å². The molecule has 1 rings (SSSR count). The van der Waals surface area contributed by atoms with Gasteiger partial charge < -0.3 is 15.1 Å². The van der Waals surface area contributed by atoms with Gasteiger partial charge in [-0.25, -0.2) is 0 Å². The predicted molar refractivity (Wildman–Crippen MR) is 88.1 cm³/mol. The molecule has 0 radical (unpaired) electrons. The van der Waals surface area contributed by atoms with Crippen molar-refractivity contribution in [2.45, 2.75) is 54.4 Å². The zero-order valence-corrected chi connectivity index (χ0v) is 13.1. The molecule has 0 saturated carbocycles. The minimum absolute atomic E-state index is 0. The zero-order chi connectivity index (χ0) is 15.4. The van der Waals surface area contributed by atoms with Crippen molar-refractivity contribution in [1.29, 1.82) is 0 Å². The molecule has 0 bridgehead atoms. The smallest absolute Gasteiger partial charge is 0.170 e. The van der Waals surface area contributed by atoms with Crippen molar-refractivity contribution in [2.75, 3.05) is 13.1 Å². The first-order chi connectivity index (χ1) is 9.58. The molecule has 1 aromatic rings. The summed E-state index contributed by atoms with van der Waals surface area (Å²) in [5, 5.41) is 20.3. The predicted octanol–water partition coefficient (Wildman–Crippen LogP) is 3.92. The van der Waals surface area contributed by atoms with Crippen LogP contribution in [0, 0.1) is 5.92 Å². The van der Waals surface area contributed by atoms with Gasteiger partial charge in [0.2, 0.25) is 0 Å². The third-order valence-corrected chi connectivity index (χ3v) is 2.62. The van der Waals surface area contributed by atoms with Crippen LogP contribution in [0.15, 0.2) is 30.3 Å². The first-order valence-electron chi connectivity index (χ1n) is 7.35. The number of hydrogen-bond donors (Lipinski definition) is 2. The highest BCUT2D eigenvalue weighted by atomic mass is 16.6. The lowest BCUT2D eigenvalue weighted by atomic mass is 10.1. The van der Waals surface area contributed by atoms with Crippen LogP contribution in [0.4, 0.5) is 0 Å². The van der Waals surface area contributed by atoms with Gasteiger partial charge >= 0.3 is 0 Å². The fourth-order valence-corrected chi connectivity index (χ4v) is 1.50. The molecule has 0 aliphatic heterocycles. The molecule has 0 saturated heterocycles. The number of hydroxylamine groups is 2. The quantitative estimate of drug-likeness (QED) is 0.564. The van der Waals surface area contributed by atoms with Gasteiger partial charge in [0.1, 0.15) is 0 Å². The van der Waals surface area contributed by atoms with Crippen LogP contribution in [0.1, 0.15) is 47.1 Å². The maximum Gasteiger partial charge on any atom is 0.170 e. The summed E-state index contributed by atoms with van der Waals surface area (Å²) in [7, 11) is 0. The van der Waals surface area contributed by atoms with E-state index < -0.39 is 6.29 Å². The number of aliphatic hydroxyl groups excluding tert-OH is 1. The lowest BCUT2D eigenvalue weighted by Crippen LogP contribution is -2.32. The van der Waals surface area contributed by atoms with Gasteiger partial charge in [0, 0.05) is 6.54 Å². The van der Waals surface area contributed by atoms with Gasteiger partial charge in [-0.3, -0.25) is 0 Å². The number of aliphatic hydroxyl groups is 1. The molecule has 1 unspecified atom stereocenters. The van der Waals surface area contributed by atoms with E-state index in [2.05, 4.69) is 13.8 Å². The molecule has 0 spiro atoms. The van der Waals surface area contributed by atoms with Crippen LogP contribution in [0.3, 0.4) is 0 Å². The lowest BCUT2D eigenvalue weighted by molar-refractivity contribution is -0.183. The molecule has 1 atom stereocenters. The Morgan fingerprint density at radius 1 is 1.14 bits per heavy atom. The van der Waals surface area contributed by atoms with E-state index in [1.165, 1.54) is 0 Å². The van der Waals surface area contributed by atoms with Gasteiger partial charge in [-0.05, 0) is 17.9 Å². The minimum Gasteiger partial charge on any atom is -0.367 e. The maximum absolute atomic E-state index is 9.62. The van der Waals surface area contributed by atoms with E-state index in [1.54, 1.807) is 0 Å². The third-order valence-electron chi connectivity index (χ3n) is 2.62. The Labute approximate surface area is 130 Å². The number of benzene rings is 1. The average Bonchev–Trinajstić information content (AvgIpc) is 2.46. The number of rotatable bonds is 8. The molecule has 0 amide bonds. The Bertz CT molecular complexity index is 317. The normalized spacial score (nSPS) is 11.6. The lowest BCUT2D eigenvalue weighted by Gasteiger charge is -2.19. The Morgan fingerprint density at radius 2 is 1.71 bits per heavy atom. The van der Waals surface area contributed by atoms with Crippen LogP contribution in [0.2, 0.25) is 0 Å². The summed E-state index contributed by atoms with van der Waals surface area (Å²) in [5.74, 6) is 0.530. The van der Waals surface area contributed by atoms with Gasteiger partial charge in [-0.1, -0.05) is 65.5 Å². The minimum atomic E-state index is -0.970. The SMILES string of the molecule is C.CC.CC(C)CCN(O)CC(O)OCc1ccccc1. The van der Waals surface area contributed by atoms with Crippen molar-refractivity contribution in [3.05, 3.63) is 35.9 Å². The number of ether oxygens (including phenoxy) is 1. The monoisotopic (exact) mass is 299 g/mol. The van der Waals surface area contributed by atoms with Crippen molar-refractivity contribution < 1.29 is 15.1 Å². The van der Waals surface area contributed by atoms with Crippen LogP contribution in [-0.4, -0.2) is 34.8 Å². The van der Waals surface area contributed by atoms with Gasteiger partial charge in [0.25, 0.3) is 0 Å². The summed E-state index contributed by atoms with van der Waals surface area (Å²) in [4.78, 5) is 0. The Kier molecular flexibility index (Phi) is 14.9. The van der Waals surface area contributed by atoms with E-state index in [9.17, 15) is 10.3 Å². The first kappa shape index (κ1) is 22.3. The van der Waals surface area contributed by atoms with Crippen LogP contribution >= 0.6 is 0 Å². The molecular formula is C17H33NO3. The second kappa shape index (κ2) is 14.0. The molecule has 4 heteroatoms. The highest BCUT2D eigenvalue weighted by Gasteiger charge is 2.10. The summed E-state index contributed by atoms with van der Waals surface area (Å²) in [6.07, 6.45) is -0.0793. The van der Waals surface area contributed by atoms with Crippen LogP contribution < -0.4 is 0 Å². The van der Waals surface area contributed by atoms with Gasteiger partial charge in [0.05, 0.1) is 13.2 Å². The van der Waals surface area contributed by atoms with Crippen molar-refractivity contribution in [1.82, 2.24) is 5.06 Å². The highest BCUT2D eigenvalue weighted by Crippen LogP contribution is 2.04. The highest BCUT2D eigenvalue weighted by molar-refractivity contribution is 5.13. The van der Waals surface area contributed by atoms with Crippen molar-refractivity contribution in [3.63, 3.8) is 0 Å². The van der Waals surface area contributed by atoms with Gasteiger partial charge in [0.15, 0.2) is 6.29 Å². The molecule has 2 N–H and O–H groups in total. The van der Waals surface area contributed by atoms with Crippen molar-refractivity contribution in [2.24, 2.45) is 5.92 Å². The molecule has 0 aliphatic rings. The summed E-state index contributed by atoms with van der Waals surface area (Å²) < 4.78 is 5.26. The summed E-state index contributed by atoms with van der Waals surface area (Å²) in [6, 6.07) is 9.64. The Hall–Kier alpha value is -0.940. The van der Waals surface area contributed by atoms with Crippen LogP contribution in [-0.2, 0) is 11.3 Å². The third kappa shape index (κ3) is 12.5. The maximum atomic E-state index is 9.62. The molecule has 21 heavy (non-hydrogen) atoms. The van der Waals surface area contributed by atoms with Crippen molar-refractivity contribution >= 4 is 0 Å². The second-order valence-electron chi connectivity index (χ2n) is 4.85. The van der Waals surface area contributed by atoms with Gasteiger partial charge in [-0.15, -0.1) is 0 Å². The summed E-state index contributed by atoms with van der Waals surface area (Å²) in [5.41, 5.74) is 1.00. The fraction of sp³-hybridized carbons (Fsp3) is 0.647. The van der Waals surface area contributed by atoms with E-state index in [0.717, 1.165) is 17.0 Å². The summed E-state index contributed by atoms with van der Waals surface area (Å²) in [6.45, 7) is 9.19. The van der Waals surface area contributed by atoms with Crippen LogP contribution in [0.5, 0.6) is 0 Å². The molecule has 4 nitrogen and oxygen atoms in total. The van der Waals surface area contributed by atoms with E-state index >= 15 is 0 Å². The Balaban J connectivity index is 0. The van der Waals surface area contributed by atoms with E-state index in [4.69, 9.17) is 4.74 Å². The standard InChI is InChI=1S/C14H23NO3.C2H6.CH4/c1-12(2)8-9-15(17)10-14(16)18-11-13-6-4-3-5-7-13;1-2;/h3-7,12,14,16-17H,8-11H2,1-2H3;1-2H3;1H4. The largest absolute Gasteiger partial charge is 0.367 e. The number of hydrogen-bond acceptors (Lipinski definition) is 4. The Morgan fingerprint density at radius 3 is 2.24 bits per heavy atom. The topological polar surface area (TPSA) is 52.9 Å². The summed E-state index contributed by atoms with van der Waals surface area (Å²) >= 11 is 0. The zero-order valence-electron chi connectivity index (χ0n) is 13.1. The van der Waals surface area contributed by atoms with E-state index in [-0.39, 0.29) is 14.0 Å². The first-order valence-corrected chi connectivity index (χ1v) is 7.35. The van der Waals surface area contributed by atoms with Gasteiger partial charge in [-0.2, -0.15) is 5.06 Å². The fourth-order valence-electron chi connectivity index (χ4n) is 1.50. The second-order valence-corrected chi connectivity index (χ2v) is 4.85. The molecule has 0 aliphatic carbocycles. The van der Waals surface area contributed by atoms with Crippen molar-refractivity contribution in [3.8, 4) is 0 Å². The molecule has 124 valence electrons.